The molecule has 8 bridgehead atoms. The molecular formula is C72H93N13O18. The quantitative estimate of drug-likeness (QED) is 0.0312. The zero-order chi connectivity index (χ0) is 71.7. The number of H-pyrrole nitrogens is 2. The molecule has 0 saturated carbocycles. The zero-order valence-electron chi connectivity index (χ0n) is 59.1. The third-order valence-corrected chi connectivity index (χ3v) is 15.9. The number of nitrogens with zero attached hydrogens (tertiary/aromatic N) is 11. The number of carbonyl (C=O) groups is 1. The number of hydrogen-bond donors (Lipinski definition) is 3. The molecule has 31 heteroatoms. The standard InChI is InChI=1S/C72H93N13O18/c1-72(2)44-55-40-53-8-13-63(73-53)70(64-15-14-62(76-64)69(61-12-9-54(74-61)41-67(72)75-55)52-6-10-59(11-7-52)101-51-68(86)87)71-65(102-49-57-46-84(81-78-57)17-20-92-29-32-98-38-35-95-26-23-89-4)42-60(100-48-56-45-83(80-77-56)16-19-91-28-31-97-37-34-94-25-22-88-3)43-66(71)103-50-58-47-85(82-79-58)18-21-93-30-33-99-39-36-96-27-24-90-5/h6-15,40-43,45-47,73-74H,16-39,44,48-51H2,1-5H3,(H,86,87). The van der Waals surface area contributed by atoms with Crippen LogP contribution in [0.2, 0.25) is 0 Å². The van der Waals surface area contributed by atoms with Gasteiger partial charge in [0.15, 0.2) is 6.61 Å². The number of aromatic amines is 2. The predicted octanol–water partition coefficient (Wildman–Crippen LogP) is 7.40. The molecule has 0 spiro atoms. The fourth-order valence-electron chi connectivity index (χ4n) is 10.8. The highest BCUT2D eigenvalue weighted by molar-refractivity contribution is 5.98. The predicted molar refractivity (Wildman–Crippen MR) is 377 cm³/mol. The SMILES string of the molecule is COCCOCCOCCOCCn1cc(COc2cc(OCc3cn(CCOCCOCCOCCOC)nn3)c(-c3c4nc(c(-c5ccc(OCC(=O)O)cc5)c5ccc(cc6nc(cc7ccc3[nH]7)CC6(C)C)[nH]5)C=C4)c(OCc3cn(CCOCCOCCOCCOC)nn3)c2)nn1. The van der Waals surface area contributed by atoms with Gasteiger partial charge in [-0.25, -0.2) is 23.8 Å². The van der Waals surface area contributed by atoms with Gasteiger partial charge >= 0.3 is 5.97 Å². The third kappa shape index (κ3) is 24.5. The Morgan fingerprint density at radius 2 is 0.854 bits per heavy atom. The van der Waals surface area contributed by atoms with E-state index in [4.69, 9.17) is 85.8 Å². The van der Waals surface area contributed by atoms with E-state index in [9.17, 15) is 9.90 Å². The number of carboxylic acids is 1. The number of carboxylic acid groups (broad SMARTS) is 1. The van der Waals surface area contributed by atoms with Crippen LogP contribution in [0.3, 0.4) is 0 Å². The number of rotatable bonds is 50. The van der Waals surface area contributed by atoms with Crippen molar-refractivity contribution < 1.29 is 85.7 Å². The van der Waals surface area contributed by atoms with Crippen LogP contribution < -0.4 is 18.9 Å². The number of methoxy groups -OCH3 is 3. The maximum Gasteiger partial charge on any atom is 0.341 e. The minimum absolute atomic E-state index is 0.0144. The van der Waals surface area contributed by atoms with Gasteiger partial charge in [0.25, 0.3) is 0 Å². The molecule has 0 amide bonds. The van der Waals surface area contributed by atoms with Gasteiger partial charge in [-0.2, -0.15) is 0 Å². The second-order valence-electron chi connectivity index (χ2n) is 24.2. The molecule has 0 unspecified atom stereocenters. The van der Waals surface area contributed by atoms with Crippen LogP contribution in [0.15, 0.2) is 91.4 Å². The van der Waals surface area contributed by atoms with Gasteiger partial charge in [0.2, 0.25) is 0 Å². The van der Waals surface area contributed by atoms with E-state index in [0.717, 1.165) is 39.1 Å². The molecule has 6 aromatic heterocycles. The summed E-state index contributed by atoms with van der Waals surface area (Å²) >= 11 is 0. The van der Waals surface area contributed by atoms with E-state index in [2.05, 4.69) is 66.9 Å². The van der Waals surface area contributed by atoms with Crippen LogP contribution in [0.25, 0.3) is 56.5 Å². The van der Waals surface area contributed by atoms with Gasteiger partial charge in [-0.1, -0.05) is 41.6 Å². The van der Waals surface area contributed by atoms with Gasteiger partial charge < -0.3 is 90.9 Å². The van der Waals surface area contributed by atoms with E-state index in [1.807, 2.05) is 60.9 Å². The van der Waals surface area contributed by atoms with Crippen LogP contribution in [0.4, 0.5) is 0 Å². The Hall–Kier alpha value is -9.09. The second kappa shape index (κ2) is 41.3. The molecule has 0 fully saturated rings. The van der Waals surface area contributed by atoms with Crippen LogP contribution in [-0.2, 0) is 113 Å². The maximum atomic E-state index is 11.5. The summed E-state index contributed by atoms with van der Waals surface area (Å²) in [5.41, 5.74) is 9.98. The van der Waals surface area contributed by atoms with E-state index >= 15 is 0 Å². The molecule has 0 saturated heterocycles. The number of ether oxygens (including phenoxy) is 16. The first-order valence-electron chi connectivity index (χ1n) is 34.3. The lowest BCUT2D eigenvalue weighted by molar-refractivity contribution is -0.139. The molecule has 8 aromatic rings. The summed E-state index contributed by atoms with van der Waals surface area (Å²) in [4.78, 5) is 29.7. The number of nitrogens with one attached hydrogen (secondary N) is 2. The van der Waals surface area contributed by atoms with Gasteiger partial charge in [0.1, 0.15) is 59.9 Å². The number of benzene rings is 2. The molecule has 10 rings (SSSR count). The van der Waals surface area contributed by atoms with Crippen molar-refractivity contribution in [3.63, 3.8) is 0 Å². The highest BCUT2D eigenvalue weighted by Crippen LogP contribution is 2.47. The van der Waals surface area contributed by atoms with Crippen molar-refractivity contribution in [3.8, 4) is 45.3 Å². The third-order valence-electron chi connectivity index (χ3n) is 15.9. The molecular weight excluding hydrogens is 1330 g/mol. The van der Waals surface area contributed by atoms with E-state index in [1.165, 1.54) is 0 Å². The summed E-state index contributed by atoms with van der Waals surface area (Å²) < 4.78 is 97.5. The minimum Gasteiger partial charge on any atom is -0.487 e. The minimum atomic E-state index is -1.09. The molecule has 2 aromatic carbocycles. The molecule has 554 valence electrons. The van der Waals surface area contributed by atoms with Crippen LogP contribution in [0.1, 0.15) is 53.7 Å². The Bertz CT molecular complexity index is 3990. The maximum absolute atomic E-state index is 11.5. The zero-order valence-corrected chi connectivity index (χ0v) is 59.1. The Balaban J connectivity index is 1.00. The topological polar surface area (TPSA) is 334 Å². The largest absolute Gasteiger partial charge is 0.487 e. The van der Waals surface area contributed by atoms with Gasteiger partial charge in [-0.15, -0.1) is 15.3 Å². The molecule has 2 aliphatic heterocycles. The van der Waals surface area contributed by atoms with E-state index in [1.54, 1.807) is 65.8 Å². The molecule has 103 heavy (non-hydrogen) atoms. The Morgan fingerprint density at radius 3 is 1.30 bits per heavy atom. The molecule has 8 heterocycles. The lowest BCUT2D eigenvalue weighted by atomic mass is 9.87. The Labute approximate surface area is 596 Å². The number of fused-ring (bicyclic) bond motifs is 8. The molecule has 0 aliphatic carbocycles. The smallest absolute Gasteiger partial charge is 0.341 e. The summed E-state index contributed by atoms with van der Waals surface area (Å²) in [5.74, 6) is 0.347. The van der Waals surface area contributed by atoms with Crippen molar-refractivity contribution in [2.75, 3.05) is 167 Å². The van der Waals surface area contributed by atoms with Gasteiger partial charge in [0, 0.05) is 89.9 Å². The van der Waals surface area contributed by atoms with Gasteiger partial charge in [-0.3, -0.25) is 4.98 Å². The first-order chi connectivity index (χ1) is 50.5. The van der Waals surface area contributed by atoms with E-state index < -0.39 is 12.6 Å². The Kier molecular flexibility index (Phi) is 30.7. The summed E-state index contributed by atoms with van der Waals surface area (Å²) in [7, 11) is 4.90. The van der Waals surface area contributed by atoms with Crippen LogP contribution in [0, 0.1) is 0 Å². The van der Waals surface area contributed by atoms with E-state index in [-0.39, 0.29) is 25.2 Å². The summed E-state index contributed by atoms with van der Waals surface area (Å²) in [6, 6.07) is 23.1. The van der Waals surface area contributed by atoms with E-state index in [0.29, 0.717) is 233 Å². The van der Waals surface area contributed by atoms with Crippen molar-refractivity contribution in [3.05, 3.63) is 131 Å². The van der Waals surface area contributed by atoms with Crippen LogP contribution in [0.5, 0.6) is 23.0 Å². The van der Waals surface area contributed by atoms with Gasteiger partial charge in [-0.05, 0) is 66.2 Å². The van der Waals surface area contributed by atoms with Crippen molar-refractivity contribution in [1.29, 1.82) is 0 Å². The van der Waals surface area contributed by atoms with Crippen molar-refractivity contribution >= 4 is 40.2 Å². The number of hydrogen-bond acceptors (Lipinski definition) is 25. The number of aliphatic carboxylic acids is 1. The first kappa shape index (κ1) is 76.5. The summed E-state index contributed by atoms with van der Waals surface area (Å²) in [5, 5.41) is 36.2. The Morgan fingerprint density at radius 1 is 0.447 bits per heavy atom. The monoisotopic (exact) mass is 1430 g/mol. The van der Waals surface area contributed by atoms with Crippen molar-refractivity contribution in [2.45, 2.75) is 65.1 Å². The highest BCUT2D eigenvalue weighted by atomic mass is 16.6. The normalized spacial score (nSPS) is 12.6. The van der Waals surface area contributed by atoms with Crippen molar-refractivity contribution in [1.82, 2.24) is 64.9 Å². The fraction of sp³-hybridized carbons (Fsp3) is 0.486. The lowest BCUT2D eigenvalue weighted by Gasteiger charge is -2.19. The first-order valence-corrected chi connectivity index (χ1v) is 34.3. The molecule has 2 aliphatic rings. The highest BCUT2D eigenvalue weighted by Gasteiger charge is 2.29. The van der Waals surface area contributed by atoms with Crippen LogP contribution >= 0.6 is 0 Å². The molecule has 3 N–H and O–H groups in total. The summed E-state index contributed by atoms with van der Waals surface area (Å²) in [6.45, 7) is 14.4. The number of aromatic nitrogens is 13. The van der Waals surface area contributed by atoms with Crippen LogP contribution in [-0.4, -0.2) is 243 Å². The average Bonchev–Trinajstić information content (AvgIpc) is 1.70. The second-order valence-corrected chi connectivity index (χ2v) is 24.2. The fourth-order valence-corrected chi connectivity index (χ4v) is 10.8. The lowest BCUT2D eigenvalue weighted by Crippen LogP contribution is -2.14. The molecule has 0 atom stereocenters. The molecule has 31 nitrogen and oxygen atoms in total. The summed E-state index contributed by atoms with van der Waals surface area (Å²) in [6.07, 6.45) is 10.0. The average molecular weight is 1430 g/mol. The molecule has 0 radical (unpaired) electrons. The van der Waals surface area contributed by atoms with Crippen molar-refractivity contribution in [2.24, 2.45) is 0 Å². The van der Waals surface area contributed by atoms with Gasteiger partial charge in [0.05, 0.1) is 194 Å².